The van der Waals surface area contributed by atoms with Crippen LogP contribution in [0.1, 0.15) is 5.69 Å². The number of H-pyrrole nitrogens is 2. The van der Waals surface area contributed by atoms with Crippen LogP contribution < -0.4 is 16.7 Å². The molecule has 0 unspecified atom stereocenters. The van der Waals surface area contributed by atoms with Crippen molar-refractivity contribution in [2.24, 2.45) is 5.73 Å². The number of aromatic amines is 2. The van der Waals surface area contributed by atoms with E-state index in [0.717, 1.165) is 0 Å². The van der Waals surface area contributed by atoms with Crippen LogP contribution in [0.3, 0.4) is 0 Å². The van der Waals surface area contributed by atoms with E-state index in [1.54, 1.807) is 0 Å². The number of hydrogen-bond donors (Lipinski definition) is 4. The molecular formula is C6H10N4O2. The van der Waals surface area contributed by atoms with Gasteiger partial charge in [0.05, 0.1) is 18.8 Å². The van der Waals surface area contributed by atoms with Gasteiger partial charge in [-0.3, -0.25) is 4.79 Å². The van der Waals surface area contributed by atoms with Crippen molar-refractivity contribution >= 4 is 5.91 Å². The molecule has 1 amide bonds. The van der Waals surface area contributed by atoms with E-state index in [2.05, 4.69) is 15.3 Å². The Morgan fingerprint density at radius 3 is 2.92 bits per heavy atom. The Kier molecular flexibility index (Phi) is 2.65. The van der Waals surface area contributed by atoms with Crippen LogP contribution in [-0.2, 0) is 11.3 Å². The van der Waals surface area contributed by atoms with Crippen LogP contribution in [0, 0.1) is 0 Å². The number of nitrogens with two attached hydrogens (primary N) is 1. The molecule has 6 nitrogen and oxygen atoms in total. The minimum atomic E-state index is -0.285. The first-order valence-corrected chi connectivity index (χ1v) is 3.45. The zero-order valence-corrected chi connectivity index (χ0v) is 6.39. The Hall–Kier alpha value is -1.56. The number of hydrogen-bond acceptors (Lipinski definition) is 3. The lowest BCUT2D eigenvalue weighted by atomic mass is 10.4. The van der Waals surface area contributed by atoms with Gasteiger partial charge in [0.2, 0.25) is 5.91 Å². The van der Waals surface area contributed by atoms with Gasteiger partial charge < -0.3 is 21.0 Å². The van der Waals surface area contributed by atoms with Gasteiger partial charge >= 0.3 is 5.69 Å². The Labute approximate surface area is 68.2 Å². The van der Waals surface area contributed by atoms with Gasteiger partial charge in [0.15, 0.2) is 0 Å². The summed E-state index contributed by atoms with van der Waals surface area (Å²) in [4.78, 5) is 26.1. The van der Waals surface area contributed by atoms with E-state index in [0.29, 0.717) is 5.69 Å². The molecule has 0 saturated heterocycles. The molecule has 0 aliphatic carbocycles. The minimum Gasteiger partial charge on any atom is -0.349 e. The smallest absolute Gasteiger partial charge is 0.323 e. The molecule has 12 heavy (non-hydrogen) atoms. The van der Waals surface area contributed by atoms with Crippen LogP contribution in [0.5, 0.6) is 0 Å². The molecule has 5 N–H and O–H groups in total. The molecule has 1 rings (SSSR count). The number of nitrogens with one attached hydrogen (secondary N) is 3. The molecule has 1 aromatic rings. The van der Waals surface area contributed by atoms with Gasteiger partial charge in [-0.25, -0.2) is 4.79 Å². The first kappa shape index (κ1) is 8.54. The van der Waals surface area contributed by atoms with E-state index in [-0.39, 0.29) is 24.7 Å². The third kappa shape index (κ3) is 2.24. The maximum atomic E-state index is 10.7. The molecule has 6 heteroatoms. The Bertz CT molecular complexity index is 313. The van der Waals surface area contributed by atoms with Crippen molar-refractivity contribution in [3.63, 3.8) is 0 Å². The van der Waals surface area contributed by atoms with E-state index in [4.69, 9.17) is 5.73 Å². The lowest BCUT2D eigenvalue weighted by molar-refractivity contribution is -0.119. The number of amides is 1. The second kappa shape index (κ2) is 3.72. The molecule has 0 aliphatic heterocycles. The molecule has 1 heterocycles. The van der Waals surface area contributed by atoms with Crippen molar-refractivity contribution in [1.29, 1.82) is 0 Å². The van der Waals surface area contributed by atoms with Crippen molar-refractivity contribution in [2.45, 2.75) is 6.54 Å². The Morgan fingerprint density at radius 1 is 1.67 bits per heavy atom. The van der Waals surface area contributed by atoms with Crippen LogP contribution in [0.15, 0.2) is 11.0 Å². The molecule has 0 aliphatic rings. The van der Waals surface area contributed by atoms with Crippen molar-refractivity contribution in [2.75, 3.05) is 6.54 Å². The molecule has 0 bridgehead atoms. The lowest BCUT2D eigenvalue weighted by Gasteiger charge is -1.98. The van der Waals surface area contributed by atoms with Crippen LogP contribution in [0.25, 0.3) is 0 Å². The SMILES string of the molecule is NCC(=O)NCc1c[nH]c(=O)[nH]1. The maximum Gasteiger partial charge on any atom is 0.323 e. The number of carbonyl (C=O) groups excluding carboxylic acids is 1. The van der Waals surface area contributed by atoms with Crippen LogP contribution in [0.4, 0.5) is 0 Å². The highest BCUT2D eigenvalue weighted by molar-refractivity contribution is 5.77. The Balaban J connectivity index is 2.43. The van der Waals surface area contributed by atoms with Crippen molar-refractivity contribution in [3.05, 3.63) is 22.4 Å². The molecule has 1 aromatic heterocycles. The highest BCUT2D eigenvalue weighted by atomic mass is 16.2. The first-order valence-electron chi connectivity index (χ1n) is 3.45. The van der Waals surface area contributed by atoms with Crippen molar-refractivity contribution < 1.29 is 4.79 Å². The fourth-order valence-corrected chi connectivity index (χ4v) is 0.732. The van der Waals surface area contributed by atoms with Crippen LogP contribution in [-0.4, -0.2) is 22.4 Å². The molecule has 0 fully saturated rings. The highest BCUT2D eigenvalue weighted by Gasteiger charge is 1.98. The fraction of sp³-hybridized carbons (Fsp3) is 0.333. The number of rotatable bonds is 3. The normalized spacial score (nSPS) is 9.75. The third-order valence-electron chi connectivity index (χ3n) is 1.31. The van der Waals surface area contributed by atoms with E-state index in [1.165, 1.54) is 6.20 Å². The molecule has 0 atom stereocenters. The van der Waals surface area contributed by atoms with Crippen molar-refractivity contribution in [3.8, 4) is 0 Å². The molecule has 0 aromatic carbocycles. The second-order valence-corrected chi connectivity index (χ2v) is 2.25. The predicted molar refractivity (Wildman–Crippen MR) is 42.3 cm³/mol. The molecule has 66 valence electrons. The highest BCUT2D eigenvalue weighted by Crippen LogP contribution is 1.84. The maximum absolute atomic E-state index is 10.7. The zero-order valence-electron chi connectivity index (χ0n) is 6.39. The first-order chi connectivity index (χ1) is 5.72. The average molecular weight is 170 g/mol. The van der Waals surface area contributed by atoms with E-state index < -0.39 is 0 Å². The molecule has 0 radical (unpaired) electrons. The van der Waals surface area contributed by atoms with Gasteiger partial charge in [-0.2, -0.15) is 0 Å². The van der Waals surface area contributed by atoms with Crippen molar-refractivity contribution in [1.82, 2.24) is 15.3 Å². The Morgan fingerprint density at radius 2 is 2.42 bits per heavy atom. The monoisotopic (exact) mass is 170 g/mol. The number of imidazole rings is 1. The second-order valence-electron chi connectivity index (χ2n) is 2.25. The third-order valence-corrected chi connectivity index (χ3v) is 1.31. The van der Waals surface area contributed by atoms with E-state index in [1.807, 2.05) is 0 Å². The summed E-state index contributed by atoms with van der Waals surface area (Å²) in [5.41, 5.74) is 5.39. The zero-order chi connectivity index (χ0) is 8.97. The number of aromatic nitrogens is 2. The topological polar surface area (TPSA) is 104 Å². The molecule has 0 spiro atoms. The van der Waals surface area contributed by atoms with Crippen LogP contribution >= 0.6 is 0 Å². The van der Waals surface area contributed by atoms with Crippen LogP contribution in [0.2, 0.25) is 0 Å². The summed E-state index contributed by atoms with van der Waals surface area (Å²) in [7, 11) is 0. The fourth-order valence-electron chi connectivity index (χ4n) is 0.732. The van der Waals surface area contributed by atoms with Gasteiger partial charge in [0, 0.05) is 6.20 Å². The molecular weight excluding hydrogens is 160 g/mol. The summed E-state index contributed by atoms with van der Waals surface area (Å²) in [6.45, 7) is 0.240. The summed E-state index contributed by atoms with van der Waals surface area (Å²) < 4.78 is 0. The summed E-state index contributed by atoms with van der Waals surface area (Å²) in [5, 5.41) is 2.51. The quantitative estimate of drug-likeness (QED) is 0.433. The predicted octanol–water partition coefficient (Wildman–Crippen LogP) is -1.72. The van der Waals surface area contributed by atoms with Gasteiger partial charge in [-0.15, -0.1) is 0 Å². The minimum absolute atomic E-state index is 0.0470. The molecule has 0 saturated carbocycles. The largest absolute Gasteiger partial charge is 0.349 e. The summed E-state index contributed by atoms with van der Waals surface area (Å²) in [5.74, 6) is -0.253. The van der Waals surface area contributed by atoms with Gasteiger partial charge in [0.1, 0.15) is 0 Å². The summed E-state index contributed by atoms with van der Waals surface area (Å²) >= 11 is 0. The van der Waals surface area contributed by atoms with E-state index >= 15 is 0 Å². The van der Waals surface area contributed by atoms with E-state index in [9.17, 15) is 9.59 Å². The average Bonchev–Trinajstić information content (AvgIpc) is 2.47. The summed E-state index contributed by atoms with van der Waals surface area (Å²) in [6, 6.07) is 0. The standard InChI is InChI=1S/C6H10N4O2/c7-1-5(11)8-2-4-3-9-6(12)10-4/h3H,1-2,7H2,(H,8,11)(H2,9,10,12). The summed E-state index contributed by atoms with van der Waals surface area (Å²) in [6.07, 6.45) is 1.50. The number of carbonyl (C=O) groups is 1. The van der Waals surface area contributed by atoms with Gasteiger partial charge in [0.25, 0.3) is 0 Å². The van der Waals surface area contributed by atoms with Gasteiger partial charge in [-0.1, -0.05) is 0 Å². The lowest BCUT2D eigenvalue weighted by Crippen LogP contribution is -2.29. The van der Waals surface area contributed by atoms with Gasteiger partial charge in [-0.05, 0) is 0 Å².